The van der Waals surface area contributed by atoms with E-state index in [1.807, 2.05) is 24.3 Å². The Balaban J connectivity index is 1.96. The van der Waals surface area contributed by atoms with E-state index in [1.54, 1.807) is 24.8 Å². The number of para-hydroxylation sites is 1. The zero-order valence-corrected chi connectivity index (χ0v) is 12.7. The summed E-state index contributed by atoms with van der Waals surface area (Å²) in [7, 11) is 1.59. The molecule has 106 valence electrons. The lowest BCUT2D eigenvalue weighted by molar-refractivity contribution is -0.113. The number of amidine groups is 1. The van der Waals surface area contributed by atoms with Gasteiger partial charge in [-0.25, -0.2) is 9.88 Å². The van der Waals surface area contributed by atoms with Gasteiger partial charge in [-0.1, -0.05) is 18.2 Å². The lowest BCUT2D eigenvalue weighted by Gasteiger charge is -2.09. The molecule has 1 aliphatic rings. The molecule has 1 amide bonds. The molecule has 0 aliphatic carbocycles. The largest absolute Gasteiger partial charge is 0.496 e. The van der Waals surface area contributed by atoms with Crippen LogP contribution in [0.3, 0.4) is 0 Å². The first-order valence-corrected chi connectivity index (χ1v) is 7.75. The van der Waals surface area contributed by atoms with Crippen molar-refractivity contribution in [1.29, 1.82) is 5.41 Å². The van der Waals surface area contributed by atoms with Crippen molar-refractivity contribution in [3.05, 3.63) is 46.3 Å². The van der Waals surface area contributed by atoms with Crippen molar-refractivity contribution in [3.8, 4) is 5.75 Å². The molecule has 1 saturated heterocycles. The Hall–Kier alpha value is -2.12. The predicted molar refractivity (Wildman–Crippen MR) is 85.9 cm³/mol. The van der Waals surface area contributed by atoms with E-state index in [9.17, 15) is 4.79 Å². The third-order valence-corrected chi connectivity index (χ3v) is 4.50. The van der Waals surface area contributed by atoms with Crippen LogP contribution in [0, 0.1) is 5.41 Å². The number of hydrogen-bond acceptors (Lipinski definition) is 6. The Morgan fingerprint density at radius 3 is 2.90 bits per heavy atom. The number of amides is 1. The summed E-state index contributed by atoms with van der Waals surface area (Å²) in [5, 5.41) is 10.4. The van der Waals surface area contributed by atoms with Crippen LogP contribution in [-0.4, -0.2) is 23.2 Å². The number of rotatable bonds is 3. The summed E-state index contributed by atoms with van der Waals surface area (Å²) in [6.07, 6.45) is 3.36. The molecule has 1 N–H and O–H groups in total. The van der Waals surface area contributed by atoms with Crippen LogP contribution in [0.1, 0.15) is 5.56 Å². The molecule has 1 aromatic carbocycles. The first kappa shape index (κ1) is 13.8. The van der Waals surface area contributed by atoms with Gasteiger partial charge in [0.25, 0.3) is 5.91 Å². The summed E-state index contributed by atoms with van der Waals surface area (Å²) >= 11 is 2.46. The van der Waals surface area contributed by atoms with Gasteiger partial charge in [0.05, 0.1) is 12.0 Å². The maximum Gasteiger partial charge on any atom is 0.273 e. The van der Waals surface area contributed by atoms with Crippen molar-refractivity contribution in [3.63, 3.8) is 0 Å². The number of thiazole rings is 1. The molecule has 0 unspecified atom stereocenters. The van der Waals surface area contributed by atoms with Crippen LogP contribution < -0.4 is 9.64 Å². The highest BCUT2D eigenvalue weighted by molar-refractivity contribution is 8.19. The fourth-order valence-electron chi connectivity index (χ4n) is 1.91. The second-order valence-corrected chi connectivity index (χ2v) is 6.02. The number of ether oxygens (including phenoxy) is 1. The van der Waals surface area contributed by atoms with Crippen molar-refractivity contribution in [2.75, 3.05) is 12.0 Å². The fourth-order valence-corrected chi connectivity index (χ4v) is 3.45. The second kappa shape index (κ2) is 5.71. The number of hydrogen-bond donors (Lipinski definition) is 1. The smallest absolute Gasteiger partial charge is 0.273 e. The fraction of sp³-hybridized carbons (Fsp3) is 0.0714. The first-order chi connectivity index (χ1) is 10.2. The van der Waals surface area contributed by atoms with Crippen LogP contribution in [0.25, 0.3) is 6.08 Å². The zero-order chi connectivity index (χ0) is 14.8. The number of carbonyl (C=O) groups excluding carboxylic acids is 1. The number of aromatic nitrogens is 1. The lowest BCUT2D eigenvalue weighted by Crippen LogP contribution is -2.27. The monoisotopic (exact) mass is 317 g/mol. The van der Waals surface area contributed by atoms with Crippen molar-refractivity contribution in [2.24, 2.45) is 0 Å². The minimum absolute atomic E-state index is 0.163. The van der Waals surface area contributed by atoms with Crippen LogP contribution >= 0.6 is 23.1 Å². The third kappa shape index (κ3) is 2.57. The molecule has 1 aliphatic heterocycles. The highest BCUT2D eigenvalue weighted by atomic mass is 32.2. The zero-order valence-electron chi connectivity index (χ0n) is 11.1. The van der Waals surface area contributed by atoms with Gasteiger partial charge in [-0.3, -0.25) is 10.2 Å². The normalized spacial score (nSPS) is 16.8. The van der Waals surface area contributed by atoms with Crippen LogP contribution in [0.4, 0.5) is 5.13 Å². The molecule has 1 aromatic heterocycles. The minimum atomic E-state index is -0.231. The molecule has 0 spiro atoms. The van der Waals surface area contributed by atoms with E-state index in [-0.39, 0.29) is 11.1 Å². The van der Waals surface area contributed by atoms with Crippen molar-refractivity contribution >= 4 is 45.4 Å². The molecule has 0 atom stereocenters. The summed E-state index contributed by atoms with van der Waals surface area (Å²) < 4.78 is 5.27. The number of carbonyl (C=O) groups is 1. The van der Waals surface area contributed by atoms with Gasteiger partial charge in [0.1, 0.15) is 5.75 Å². The number of anilines is 1. The average Bonchev–Trinajstić information content (AvgIpc) is 3.09. The molecule has 3 rings (SSSR count). The van der Waals surface area contributed by atoms with E-state index in [1.165, 1.54) is 16.2 Å². The van der Waals surface area contributed by atoms with Crippen LogP contribution in [0.15, 0.2) is 40.7 Å². The molecule has 0 saturated carbocycles. The minimum Gasteiger partial charge on any atom is -0.496 e. The van der Waals surface area contributed by atoms with Gasteiger partial charge in [-0.15, -0.1) is 11.3 Å². The van der Waals surface area contributed by atoms with Crippen molar-refractivity contribution < 1.29 is 9.53 Å². The summed E-state index contributed by atoms with van der Waals surface area (Å²) in [5.74, 6) is 0.462. The van der Waals surface area contributed by atoms with Crippen LogP contribution in [-0.2, 0) is 4.79 Å². The van der Waals surface area contributed by atoms with Gasteiger partial charge in [0.2, 0.25) is 0 Å². The first-order valence-electron chi connectivity index (χ1n) is 6.06. The van der Waals surface area contributed by atoms with Crippen LogP contribution in [0.2, 0.25) is 0 Å². The van der Waals surface area contributed by atoms with Gasteiger partial charge in [0, 0.05) is 17.1 Å². The maximum atomic E-state index is 12.4. The highest BCUT2D eigenvalue weighted by Crippen LogP contribution is 2.36. The molecule has 7 heteroatoms. The number of methoxy groups -OCH3 is 1. The van der Waals surface area contributed by atoms with E-state index in [2.05, 4.69) is 4.98 Å². The van der Waals surface area contributed by atoms with E-state index in [0.717, 1.165) is 17.3 Å². The summed E-state index contributed by atoms with van der Waals surface area (Å²) in [5.41, 5.74) is 0.810. The second-order valence-electron chi connectivity index (χ2n) is 4.11. The highest BCUT2D eigenvalue weighted by Gasteiger charge is 2.35. The summed E-state index contributed by atoms with van der Waals surface area (Å²) in [4.78, 5) is 18.3. The van der Waals surface area contributed by atoms with E-state index in [4.69, 9.17) is 10.1 Å². The van der Waals surface area contributed by atoms with Gasteiger partial charge in [-0.2, -0.15) is 0 Å². The molecule has 0 radical (unpaired) electrons. The van der Waals surface area contributed by atoms with Crippen LogP contribution in [0.5, 0.6) is 5.75 Å². The molecule has 2 aromatic rings. The van der Waals surface area contributed by atoms with Gasteiger partial charge >= 0.3 is 0 Å². The van der Waals surface area contributed by atoms with Gasteiger partial charge < -0.3 is 4.74 Å². The van der Waals surface area contributed by atoms with Gasteiger partial charge in [-0.05, 0) is 23.9 Å². The summed E-state index contributed by atoms with van der Waals surface area (Å²) in [6.45, 7) is 0. The maximum absolute atomic E-state index is 12.4. The number of benzene rings is 1. The quantitative estimate of drug-likeness (QED) is 0.883. The predicted octanol–water partition coefficient (Wildman–Crippen LogP) is 3.21. The third-order valence-electron chi connectivity index (χ3n) is 2.86. The van der Waals surface area contributed by atoms with E-state index >= 15 is 0 Å². The molecule has 0 bridgehead atoms. The number of thioether (sulfide) groups is 1. The van der Waals surface area contributed by atoms with E-state index in [0.29, 0.717) is 15.8 Å². The number of nitrogens with one attached hydrogen (secondary N) is 1. The Kier molecular flexibility index (Phi) is 3.76. The molecular weight excluding hydrogens is 306 g/mol. The Bertz CT molecular complexity index is 726. The summed E-state index contributed by atoms with van der Waals surface area (Å²) in [6, 6.07) is 7.45. The van der Waals surface area contributed by atoms with E-state index < -0.39 is 0 Å². The molecule has 1 fully saturated rings. The molecular formula is C14H11N3O2S2. The average molecular weight is 317 g/mol. The standard InChI is InChI=1S/C14H11N3O2S2/c1-19-10-5-3-2-4-9(10)8-11-12(18)17(13(15)21-11)14-16-6-7-20-14/h2-8,15H,1H3/b11-8-,15-13?. The Labute approximate surface area is 129 Å². The number of nitrogens with zero attached hydrogens (tertiary/aromatic N) is 2. The molecule has 21 heavy (non-hydrogen) atoms. The lowest BCUT2D eigenvalue weighted by atomic mass is 10.2. The molecule has 2 heterocycles. The molecule has 5 nitrogen and oxygen atoms in total. The topological polar surface area (TPSA) is 66.3 Å². The SMILES string of the molecule is COc1ccccc1/C=C1\SC(=N)N(c2nccs2)C1=O. The van der Waals surface area contributed by atoms with Gasteiger partial charge in [0.15, 0.2) is 10.3 Å². The Morgan fingerprint density at radius 1 is 1.38 bits per heavy atom. The Morgan fingerprint density at radius 2 is 2.19 bits per heavy atom. The van der Waals surface area contributed by atoms with Crippen molar-refractivity contribution in [2.45, 2.75) is 0 Å². The van der Waals surface area contributed by atoms with Crippen molar-refractivity contribution in [1.82, 2.24) is 4.98 Å².